The summed E-state index contributed by atoms with van der Waals surface area (Å²) in [6.07, 6.45) is 5.29. The number of nitrogens with zero attached hydrogens (tertiary/aromatic N) is 1. The van der Waals surface area contributed by atoms with Crippen molar-refractivity contribution in [3.63, 3.8) is 0 Å². The molecule has 2 N–H and O–H groups in total. The van der Waals surface area contributed by atoms with Gasteiger partial charge in [0.05, 0.1) is 7.11 Å². The molecular formula is C15H16N2O. The van der Waals surface area contributed by atoms with Crippen LogP contribution in [0.25, 0.3) is 11.1 Å². The first kappa shape index (κ1) is 11.1. The first-order valence-corrected chi connectivity index (χ1v) is 6.19. The van der Waals surface area contributed by atoms with E-state index in [0.717, 1.165) is 29.7 Å². The minimum Gasteiger partial charge on any atom is -0.481 e. The highest BCUT2D eigenvalue weighted by atomic mass is 16.5. The largest absolute Gasteiger partial charge is 0.481 e. The fourth-order valence-corrected chi connectivity index (χ4v) is 2.58. The van der Waals surface area contributed by atoms with Crippen molar-refractivity contribution in [2.75, 3.05) is 12.8 Å². The number of benzene rings is 1. The quantitative estimate of drug-likeness (QED) is 0.821. The SMILES string of the molecule is COc1cc(-c2cc3c(cc2N)CCC3)ccn1. The van der Waals surface area contributed by atoms with Crippen LogP contribution in [0.2, 0.25) is 0 Å². The van der Waals surface area contributed by atoms with Crippen molar-refractivity contribution >= 4 is 5.69 Å². The highest BCUT2D eigenvalue weighted by Gasteiger charge is 2.14. The van der Waals surface area contributed by atoms with Crippen LogP contribution in [-0.4, -0.2) is 12.1 Å². The van der Waals surface area contributed by atoms with Crippen molar-refractivity contribution in [1.82, 2.24) is 4.98 Å². The maximum Gasteiger partial charge on any atom is 0.213 e. The molecule has 0 saturated carbocycles. The molecule has 3 nitrogen and oxygen atoms in total. The summed E-state index contributed by atoms with van der Waals surface area (Å²) in [5, 5.41) is 0. The lowest BCUT2D eigenvalue weighted by Crippen LogP contribution is -1.95. The zero-order valence-corrected chi connectivity index (χ0v) is 10.4. The maximum absolute atomic E-state index is 6.16. The average molecular weight is 240 g/mol. The molecule has 1 aromatic carbocycles. The second-order valence-corrected chi connectivity index (χ2v) is 4.65. The predicted molar refractivity (Wildman–Crippen MR) is 72.7 cm³/mol. The Hall–Kier alpha value is -2.03. The molecule has 0 fully saturated rings. The van der Waals surface area contributed by atoms with Crippen LogP contribution in [0.4, 0.5) is 5.69 Å². The summed E-state index contributed by atoms with van der Waals surface area (Å²) in [4.78, 5) is 4.12. The van der Waals surface area contributed by atoms with Crippen molar-refractivity contribution in [2.24, 2.45) is 0 Å². The van der Waals surface area contributed by atoms with Gasteiger partial charge in [0, 0.05) is 23.5 Å². The van der Waals surface area contributed by atoms with Crippen molar-refractivity contribution in [3.8, 4) is 17.0 Å². The number of ether oxygens (including phenoxy) is 1. The lowest BCUT2D eigenvalue weighted by Gasteiger charge is -2.10. The Labute approximate surface area is 107 Å². The number of fused-ring (bicyclic) bond motifs is 1. The number of aromatic nitrogens is 1. The van der Waals surface area contributed by atoms with Gasteiger partial charge in [0.15, 0.2) is 0 Å². The Morgan fingerprint density at radius 1 is 1.17 bits per heavy atom. The number of nitrogen functional groups attached to an aromatic ring is 1. The number of pyridine rings is 1. The van der Waals surface area contributed by atoms with Gasteiger partial charge in [-0.05, 0) is 54.2 Å². The van der Waals surface area contributed by atoms with E-state index in [1.807, 2.05) is 12.1 Å². The van der Waals surface area contributed by atoms with Gasteiger partial charge in [-0.2, -0.15) is 0 Å². The summed E-state index contributed by atoms with van der Waals surface area (Å²) in [7, 11) is 1.62. The van der Waals surface area contributed by atoms with Crippen LogP contribution in [0.1, 0.15) is 17.5 Å². The van der Waals surface area contributed by atoms with E-state index in [-0.39, 0.29) is 0 Å². The molecule has 1 aliphatic rings. The highest BCUT2D eigenvalue weighted by molar-refractivity contribution is 5.78. The summed E-state index contributed by atoms with van der Waals surface area (Å²) < 4.78 is 5.16. The van der Waals surface area contributed by atoms with Gasteiger partial charge in [-0.15, -0.1) is 0 Å². The third-order valence-electron chi connectivity index (χ3n) is 3.52. The Morgan fingerprint density at radius 3 is 2.72 bits per heavy atom. The monoisotopic (exact) mass is 240 g/mol. The van der Waals surface area contributed by atoms with Crippen LogP contribution in [-0.2, 0) is 12.8 Å². The summed E-state index contributed by atoms with van der Waals surface area (Å²) in [5.41, 5.74) is 12.0. The van der Waals surface area contributed by atoms with Crippen molar-refractivity contribution in [2.45, 2.75) is 19.3 Å². The molecule has 3 heteroatoms. The molecule has 0 atom stereocenters. The molecule has 18 heavy (non-hydrogen) atoms. The molecule has 0 radical (unpaired) electrons. The standard InChI is InChI=1S/C15H16N2O/c1-18-15-9-12(5-6-17-15)13-7-10-3-2-4-11(10)8-14(13)16/h5-9H,2-4,16H2,1H3. The molecule has 3 rings (SSSR count). The smallest absolute Gasteiger partial charge is 0.213 e. The Morgan fingerprint density at radius 2 is 1.94 bits per heavy atom. The summed E-state index contributed by atoms with van der Waals surface area (Å²) in [5.74, 6) is 0.618. The topological polar surface area (TPSA) is 48.1 Å². The minimum atomic E-state index is 0.618. The average Bonchev–Trinajstić information content (AvgIpc) is 2.85. The molecular weight excluding hydrogens is 224 g/mol. The molecule has 0 spiro atoms. The summed E-state index contributed by atoms with van der Waals surface area (Å²) in [6, 6.07) is 8.22. The summed E-state index contributed by atoms with van der Waals surface area (Å²) >= 11 is 0. The molecule has 2 aromatic rings. The maximum atomic E-state index is 6.16. The van der Waals surface area contributed by atoms with Crippen molar-refractivity contribution < 1.29 is 4.74 Å². The number of anilines is 1. The molecule has 0 saturated heterocycles. The molecule has 0 amide bonds. The fourth-order valence-electron chi connectivity index (χ4n) is 2.58. The van der Waals surface area contributed by atoms with Gasteiger partial charge in [-0.3, -0.25) is 0 Å². The number of aryl methyl sites for hydroxylation is 2. The van der Waals surface area contributed by atoms with E-state index in [0.29, 0.717) is 5.88 Å². The summed E-state index contributed by atoms with van der Waals surface area (Å²) in [6.45, 7) is 0. The first-order chi connectivity index (χ1) is 8.78. The molecule has 1 aromatic heterocycles. The van der Waals surface area contributed by atoms with Crippen LogP contribution >= 0.6 is 0 Å². The Balaban J connectivity index is 2.10. The van der Waals surface area contributed by atoms with Gasteiger partial charge >= 0.3 is 0 Å². The van der Waals surface area contributed by atoms with Crippen LogP contribution in [0.15, 0.2) is 30.5 Å². The molecule has 0 bridgehead atoms. The predicted octanol–water partition coefficient (Wildman–Crippen LogP) is 2.83. The van der Waals surface area contributed by atoms with Crippen molar-refractivity contribution in [1.29, 1.82) is 0 Å². The van der Waals surface area contributed by atoms with E-state index in [1.54, 1.807) is 13.3 Å². The lowest BCUT2D eigenvalue weighted by molar-refractivity contribution is 0.398. The van der Waals surface area contributed by atoms with E-state index in [4.69, 9.17) is 10.5 Å². The number of nitrogens with two attached hydrogens (primary N) is 1. The van der Waals surface area contributed by atoms with Crippen LogP contribution in [0, 0.1) is 0 Å². The Bertz CT molecular complexity index is 593. The van der Waals surface area contributed by atoms with Crippen LogP contribution in [0.5, 0.6) is 5.88 Å². The van der Waals surface area contributed by atoms with E-state index in [2.05, 4.69) is 17.1 Å². The highest BCUT2D eigenvalue weighted by Crippen LogP contribution is 2.33. The normalized spacial score (nSPS) is 13.4. The fraction of sp³-hybridized carbons (Fsp3) is 0.267. The molecule has 1 aliphatic carbocycles. The minimum absolute atomic E-state index is 0.618. The van der Waals surface area contributed by atoms with E-state index in [1.165, 1.54) is 17.5 Å². The van der Waals surface area contributed by atoms with Gasteiger partial charge < -0.3 is 10.5 Å². The van der Waals surface area contributed by atoms with Gasteiger partial charge in [0.25, 0.3) is 0 Å². The Kier molecular flexibility index (Phi) is 2.67. The lowest BCUT2D eigenvalue weighted by atomic mass is 9.99. The van der Waals surface area contributed by atoms with E-state index in [9.17, 15) is 0 Å². The van der Waals surface area contributed by atoms with E-state index >= 15 is 0 Å². The third kappa shape index (κ3) is 1.82. The molecule has 0 aliphatic heterocycles. The molecule has 1 heterocycles. The third-order valence-corrected chi connectivity index (χ3v) is 3.52. The van der Waals surface area contributed by atoms with Gasteiger partial charge in [-0.25, -0.2) is 4.98 Å². The zero-order valence-electron chi connectivity index (χ0n) is 10.4. The number of hydrogen-bond acceptors (Lipinski definition) is 3. The number of hydrogen-bond donors (Lipinski definition) is 1. The van der Waals surface area contributed by atoms with Crippen LogP contribution in [0.3, 0.4) is 0 Å². The zero-order chi connectivity index (χ0) is 12.5. The number of methoxy groups -OCH3 is 1. The first-order valence-electron chi connectivity index (χ1n) is 6.19. The van der Waals surface area contributed by atoms with Gasteiger partial charge in [0.2, 0.25) is 5.88 Å². The second kappa shape index (κ2) is 4.33. The van der Waals surface area contributed by atoms with Crippen molar-refractivity contribution in [3.05, 3.63) is 41.6 Å². The van der Waals surface area contributed by atoms with Gasteiger partial charge in [0.1, 0.15) is 0 Å². The van der Waals surface area contributed by atoms with Gasteiger partial charge in [-0.1, -0.05) is 0 Å². The molecule has 0 unspecified atom stereocenters. The van der Waals surface area contributed by atoms with E-state index < -0.39 is 0 Å². The van der Waals surface area contributed by atoms with Crippen LogP contribution < -0.4 is 10.5 Å². The number of rotatable bonds is 2. The second-order valence-electron chi connectivity index (χ2n) is 4.65. The molecule has 92 valence electrons.